The van der Waals surface area contributed by atoms with Crippen molar-refractivity contribution >= 4 is 5.91 Å². The molecule has 1 rings (SSSR count). The normalized spacial score (nSPS) is 27.5. The second-order valence-corrected chi connectivity index (χ2v) is 5.45. The molecular weight excluding hydrogens is 254 g/mol. The number of alkyl halides is 2. The number of rotatable bonds is 7. The van der Waals surface area contributed by atoms with Crippen LogP contribution in [0.3, 0.4) is 0 Å². The van der Waals surface area contributed by atoms with Crippen LogP contribution in [0.5, 0.6) is 0 Å². The fourth-order valence-electron chi connectivity index (χ4n) is 2.71. The molecule has 0 aromatic heterocycles. The molecule has 19 heavy (non-hydrogen) atoms. The van der Waals surface area contributed by atoms with Gasteiger partial charge in [0.05, 0.1) is 12.1 Å². The number of ether oxygens (including phenoxy) is 1. The molecule has 0 radical (unpaired) electrons. The summed E-state index contributed by atoms with van der Waals surface area (Å²) in [5.41, 5.74) is 5.48. The second-order valence-electron chi connectivity index (χ2n) is 5.45. The summed E-state index contributed by atoms with van der Waals surface area (Å²) in [6, 6.07) is 0. The van der Waals surface area contributed by atoms with E-state index < -0.39 is 13.0 Å². The first kappa shape index (κ1) is 16.3. The molecule has 1 aliphatic carbocycles. The third-order valence-corrected chi connectivity index (χ3v) is 3.60. The van der Waals surface area contributed by atoms with Crippen molar-refractivity contribution in [1.82, 2.24) is 5.32 Å². The van der Waals surface area contributed by atoms with Crippen LogP contribution < -0.4 is 11.1 Å². The Bertz CT molecular complexity index is 290. The minimum absolute atomic E-state index is 0.0202. The molecule has 1 fully saturated rings. The standard InChI is InChI=1S/C13H24F2N2O2/c1-10-3-2-5-13(7-10,9-16)17-12(18)4-6-19-8-11(14)15/h10-11H,2-9,16H2,1H3,(H,17,18). The summed E-state index contributed by atoms with van der Waals surface area (Å²) >= 11 is 0. The minimum Gasteiger partial charge on any atom is -0.375 e. The van der Waals surface area contributed by atoms with Gasteiger partial charge in [-0.3, -0.25) is 4.79 Å². The van der Waals surface area contributed by atoms with Crippen LogP contribution in [-0.2, 0) is 9.53 Å². The molecular formula is C13H24F2N2O2. The summed E-state index contributed by atoms with van der Waals surface area (Å²) < 4.78 is 28.4. The van der Waals surface area contributed by atoms with E-state index in [2.05, 4.69) is 12.2 Å². The van der Waals surface area contributed by atoms with Crippen molar-refractivity contribution in [3.63, 3.8) is 0 Å². The molecule has 0 spiro atoms. The number of hydrogen-bond donors (Lipinski definition) is 2. The van der Waals surface area contributed by atoms with Crippen molar-refractivity contribution < 1.29 is 18.3 Å². The lowest BCUT2D eigenvalue weighted by atomic mass is 9.76. The van der Waals surface area contributed by atoms with E-state index in [1.807, 2.05) is 0 Å². The van der Waals surface area contributed by atoms with Crippen LogP contribution in [0.4, 0.5) is 8.78 Å². The van der Waals surface area contributed by atoms with E-state index in [1.165, 1.54) is 0 Å². The summed E-state index contributed by atoms with van der Waals surface area (Å²) in [5.74, 6) is 0.376. The van der Waals surface area contributed by atoms with Crippen molar-refractivity contribution in [1.29, 1.82) is 0 Å². The fraction of sp³-hybridized carbons (Fsp3) is 0.923. The maximum atomic E-state index is 11.8. The Balaban J connectivity index is 2.32. The van der Waals surface area contributed by atoms with Gasteiger partial charge in [-0.1, -0.05) is 19.8 Å². The second kappa shape index (κ2) is 7.75. The Hall–Kier alpha value is -0.750. The summed E-state index contributed by atoms with van der Waals surface area (Å²) in [6.07, 6.45) is 1.60. The summed E-state index contributed by atoms with van der Waals surface area (Å²) in [7, 11) is 0. The Morgan fingerprint density at radius 1 is 1.58 bits per heavy atom. The molecule has 1 aliphatic rings. The molecule has 6 heteroatoms. The first-order chi connectivity index (χ1) is 8.97. The maximum absolute atomic E-state index is 11.8. The van der Waals surface area contributed by atoms with Crippen LogP contribution in [0.15, 0.2) is 0 Å². The average Bonchev–Trinajstić information content (AvgIpc) is 2.34. The third-order valence-electron chi connectivity index (χ3n) is 3.60. The Labute approximate surface area is 113 Å². The summed E-state index contributed by atoms with van der Waals surface area (Å²) in [4.78, 5) is 11.8. The van der Waals surface area contributed by atoms with Gasteiger partial charge in [-0.2, -0.15) is 0 Å². The first-order valence-electron chi connectivity index (χ1n) is 6.84. The van der Waals surface area contributed by atoms with Gasteiger partial charge in [0.25, 0.3) is 6.43 Å². The average molecular weight is 278 g/mol. The van der Waals surface area contributed by atoms with Crippen LogP contribution in [0, 0.1) is 5.92 Å². The van der Waals surface area contributed by atoms with Crippen molar-refractivity contribution in [2.75, 3.05) is 19.8 Å². The van der Waals surface area contributed by atoms with Gasteiger partial charge < -0.3 is 15.8 Å². The SMILES string of the molecule is CC1CCCC(CN)(NC(=O)CCOCC(F)F)C1. The van der Waals surface area contributed by atoms with Crippen LogP contribution in [-0.4, -0.2) is 37.6 Å². The highest BCUT2D eigenvalue weighted by Crippen LogP contribution is 2.31. The van der Waals surface area contributed by atoms with E-state index >= 15 is 0 Å². The van der Waals surface area contributed by atoms with Gasteiger partial charge in [-0.05, 0) is 18.8 Å². The zero-order valence-corrected chi connectivity index (χ0v) is 11.5. The van der Waals surface area contributed by atoms with Gasteiger partial charge in [-0.15, -0.1) is 0 Å². The number of halogens is 2. The van der Waals surface area contributed by atoms with Gasteiger partial charge in [0.15, 0.2) is 0 Å². The van der Waals surface area contributed by atoms with Crippen molar-refractivity contribution in [2.45, 2.75) is 51.0 Å². The molecule has 0 aromatic carbocycles. The quantitative estimate of drug-likeness (QED) is 0.696. The van der Waals surface area contributed by atoms with Gasteiger partial charge in [0.1, 0.15) is 6.61 Å². The van der Waals surface area contributed by atoms with Gasteiger partial charge in [0.2, 0.25) is 5.91 Å². The predicted molar refractivity (Wildman–Crippen MR) is 69.0 cm³/mol. The van der Waals surface area contributed by atoms with Gasteiger partial charge in [-0.25, -0.2) is 8.78 Å². The van der Waals surface area contributed by atoms with Crippen LogP contribution in [0.2, 0.25) is 0 Å². The molecule has 0 heterocycles. The maximum Gasteiger partial charge on any atom is 0.261 e. The summed E-state index contributed by atoms with van der Waals surface area (Å²) in [5, 5.41) is 2.97. The smallest absolute Gasteiger partial charge is 0.261 e. The molecule has 0 aliphatic heterocycles. The van der Waals surface area contributed by atoms with E-state index in [-0.39, 0.29) is 24.5 Å². The molecule has 1 saturated carbocycles. The zero-order chi connectivity index (χ0) is 14.3. The van der Waals surface area contributed by atoms with E-state index in [0.29, 0.717) is 12.5 Å². The van der Waals surface area contributed by atoms with Crippen LogP contribution in [0.1, 0.15) is 39.0 Å². The molecule has 1 amide bonds. The van der Waals surface area contributed by atoms with E-state index in [4.69, 9.17) is 10.5 Å². The lowest BCUT2D eigenvalue weighted by Gasteiger charge is -2.40. The third kappa shape index (κ3) is 5.82. The van der Waals surface area contributed by atoms with E-state index in [0.717, 1.165) is 25.7 Å². The van der Waals surface area contributed by atoms with E-state index in [9.17, 15) is 13.6 Å². The largest absolute Gasteiger partial charge is 0.375 e. The highest BCUT2D eigenvalue weighted by Gasteiger charge is 2.34. The van der Waals surface area contributed by atoms with Crippen molar-refractivity contribution in [2.24, 2.45) is 11.7 Å². The molecule has 0 saturated heterocycles. The minimum atomic E-state index is -2.49. The number of nitrogens with two attached hydrogens (primary N) is 1. The molecule has 4 nitrogen and oxygen atoms in total. The highest BCUT2D eigenvalue weighted by atomic mass is 19.3. The van der Waals surface area contributed by atoms with Crippen LogP contribution >= 0.6 is 0 Å². The number of carbonyl (C=O) groups is 1. The zero-order valence-electron chi connectivity index (χ0n) is 11.5. The highest BCUT2D eigenvalue weighted by molar-refractivity contribution is 5.77. The fourth-order valence-corrected chi connectivity index (χ4v) is 2.71. The number of carbonyl (C=O) groups excluding carboxylic acids is 1. The number of nitrogens with one attached hydrogen (secondary N) is 1. The lowest BCUT2D eigenvalue weighted by molar-refractivity contribution is -0.125. The van der Waals surface area contributed by atoms with Crippen molar-refractivity contribution in [3.05, 3.63) is 0 Å². The Morgan fingerprint density at radius 3 is 2.89 bits per heavy atom. The summed E-state index contributed by atoms with van der Waals surface area (Å²) in [6.45, 7) is 1.97. The monoisotopic (exact) mass is 278 g/mol. The number of hydrogen-bond acceptors (Lipinski definition) is 3. The first-order valence-corrected chi connectivity index (χ1v) is 6.84. The molecule has 2 unspecified atom stereocenters. The molecule has 0 aromatic rings. The lowest BCUT2D eigenvalue weighted by Crippen LogP contribution is -2.56. The Kier molecular flexibility index (Phi) is 6.65. The molecule has 2 atom stereocenters. The molecule has 112 valence electrons. The van der Waals surface area contributed by atoms with Gasteiger partial charge >= 0.3 is 0 Å². The molecule has 3 N–H and O–H groups in total. The van der Waals surface area contributed by atoms with E-state index in [1.54, 1.807) is 0 Å². The predicted octanol–water partition coefficient (Wildman–Crippen LogP) is 1.68. The van der Waals surface area contributed by atoms with Crippen molar-refractivity contribution in [3.8, 4) is 0 Å². The van der Waals surface area contributed by atoms with Gasteiger partial charge in [0, 0.05) is 13.0 Å². The molecule has 0 bridgehead atoms. The number of amides is 1. The topological polar surface area (TPSA) is 64.3 Å². The van der Waals surface area contributed by atoms with Crippen LogP contribution in [0.25, 0.3) is 0 Å². The Morgan fingerprint density at radius 2 is 2.32 bits per heavy atom.